The van der Waals surface area contributed by atoms with Gasteiger partial charge in [-0.15, -0.1) is 11.3 Å². The van der Waals surface area contributed by atoms with Gasteiger partial charge >= 0.3 is 0 Å². The van der Waals surface area contributed by atoms with E-state index in [-0.39, 0.29) is 6.04 Å². The van der Waals surface area contributed by atoms with Crippen molar-refractivity contribution in [3.8, 4) is 11.3 Å². The summed E-state index contributed by atoms with van der Waals surface area (Å²) in [7, 11) is -3.27. The normalized spacial score (nSPS) is 16.7. The van der Waals surface area contributed by atoms with Crippen molar-refractivity contribution in [1.82, 2.24) is 4.98 Å². The van der Waals surface area contributed by atoms with Crippen LogP contribution in [-0.2, 0) is 23.0 Å². The zero-order valence-electron chi connectivity index (χ0n) is 14.5. The maximum absolute atomic E-state index is 12.0. The molecule has 1 atom stereocenters. The second kappa shape index (κ2) is 6.44. The molecule has 1 unspecified atom stereocenters. The lowest BCUT2D eigenvalue weighted by Gasteiger charge is -2.21. The molecule has 0 spiro atoms. The second-order valence-corrected chi connectivity index (χ2v) is 9.14. The second-order valence-electron chi connectivity index (χ2n) is 6.43. The molecule has 8 heteroatoms. The Balaban J connectivity index is 1.56. The molecule has 0 fully saturated rings. The summed E-state index contributed by atoms with van der Waals surface area (Å²) in [5.74, 6) is 0.856. The Morgan fingerprint density at radius 2 is 2.23 bits per heavy atom. The van der Waals surface area contributed by atoms with Crippen molar-refractivity contribution >= 4 is 32.2 Å². The fourth-order valence-electron chi connectivity index (χ4n) is 3.33. The lowest BCUT2D eigenvalue weighted by molar-refractivity contribution is 0.518. The van der Waals surface area contributed by atoms with E-state index in [1.54, 1.807) is 6.26 Å². The smallest absolute Gasteiger partial charge is 0.232 e. The molecule has 0 aliphatic carbocycles. The molecule has 1 aliphatic heterocycles. The molecule has 1 aromatic carbocycles. The molecular weight excluding hydrogens is 370 g/mol. The minimum Gasteiger partial charge on any atom is -0.467 e. The number of benzene rings is 1. The van der Waals surface area contributed by atoms with Gasteiger partial charge in [0.25, 0.3) is 0 Å². The van der Waals surface area contributed by atoms with Crippen LogP contribution in [0.4, 0.5) is 10.8 Å². The van der Waals surface area contributed by atoms with E-state index in [0.717, 1.165) is 33.4 Å². The van der Waals surface area contributed by atoms with Crippen LogP contribution < -0.4 is 9.62 Å². The minimum atomic E-state index is -3.27. The highest BCUT2D eigenvalue weighted by Crippen LogP contribution is 2.37. The minimum absolute atomic E-state index is 0.0591. The first-order valence-corrected chi connectivity index (χ1v) is 11.0. The van der Waals surface area contributed by atoms with Crippen LogP contribution in [0.15, 0.2) is 46.4 Å². The summed E-state index contributed by atoms with van der Waals surface area (Å²) in [5.41, 5.74) is 3.69. The van der Waals surface area contributed by atoms with Gasteiger partial charge in [0.2, 0.25) is 10.0 Å². The molecule has 0 saturated heterocycles. The number of thiazole rings is 1. The van der Waals surface area contributed by atoms with E-state index in [1.807, 2.05) is 42.6 Å². The Morgan fingerprint density at radius 1 is 1.38 bits per heavy atom. The van der Waals surface area contributed by atoms with Crippen LogP contribution in [0.1, 0.15) is 18.2 Å². The van der Waals surface area contributed by atoms with Gasteiger partial charge < -0.3 is 9.73 Å². The van der Waals surface area contributed by atoms with E-state index < -0.39 is 10.0 Å². The number of nitrogens with one attached hydrogen (secondary N) is 1. The summed E-state index contributed by atoms with van der Waals surface area (Å²) in [5, 5.41) is 6.07. The SMILES string of the molecule is CC1Cc2cc(-c3csc(NCc4ccco4)n3)ccc2N1S(C)(=O)=O. The quantitative estimate of drug-likeness (QED) is 0.720. The number of fused-ring (bicyclic) bond motifs is 1. The summed E-state index contributed by atoms with van der Waals surface area (Å²) in [6.45, 7) is 2.52. The number of sulfonamides is 1. The number of hydrogen-bond donors (Lipinski definition) is 1. The molecule has 136 valence electrons. The zero-order chi connectivity index (χ0) is 18.3. The summed E-state index contributed by atoms with van der Waals surface area (Å²) in [6.07, 6.45) is 3.61. The van der Waals surface area contributed by atoms with E-state index in [4.69, 9.17) is 4.42 Å². The van der Waals surface area contributed by atoms with Crippen molar-refractivity contribution in [1.29, 1.82) is 0 Å². The van der Waals surface area contributed by atoms with Crippen molar-refractivity contribution in [2.75, 3.05) is 15.9 Å². The van der Waals surface area contributed by atoms with E-state index in [9.17, 15) is 8.42 Å². The third kappa shape index (κ3) is 3.22. The van der Waals surface area contributed by atoms with Gasteiger partial charge in [0.15, 0.2) is 5.13 Å². The van der Waals surface area contributed by atoms with Gasteiger partial charge in [-0.25, -0.2) is 13.4 Å². The molecular formula is C18H19N3O3S2. The molecule has 0 amide bonds. The van der Waals surface area contributed by atoms with Gasteiger partial charge in [0.1, 0.15) is 5.76 Å². The van der Waals surface area contributed by atoms with Crippen molar-refractivity contribution < 1.29 is 12.8 Å². The Hall–Kier alpha value is -2.32. The number of aromatic nitrogens is 1. The predicted octanol–water partition coefficient (Wildman–Crippen LogP) is 3.73. The molecule has 26 heavy (non-hydrogen) atoms. The number of furan rings is 1. The van der Waals surface area contributed by atoms with Gasteiger partial charge in [-0.2, -0.15) is 0 Å². The van der Waals surface area contributed by atoms with Gasteiger partial charge in [-0.1, -0.05) is 6.07 Å². The maximum atomic E-state index is 12.0. The Morgan fingerprint density at radius 3 is 2.96 bits per heavy atom. The average molecular weight is 390 g/mol. The maximum Gasteiger partial charge on any atom is 0.232 e. The van der Waals surface area contributed by atoms with Crippen molar-refractivity contribution in [2.45, 2.75) is 25.9 Å². The lowest BCUT2D eigenvalue weighted by Crippen LogP contribution is -2.34. The summed E-state index contributed by atoms with van der Waals surface area (Å²) in [6, 6.07) is 9.57. The van der Waals surface area contributed by atoms with Crippen LogP contribution in [0.25, 0.3) is 11.3 Å². The highest BCUT2D eigenvalue weighted by Gasteiger charge is 2.32. The van der Waals surface area contributed by atoms with Crippen molar-refractivity contribution in [3.05, 3.63) is 53.3 Å². The van der Waals surface area contributed by atoms with Crippen LogP contribution >= 0.6 is 11.3 Å². The van der Waals surface area contributed by atoms with Crippen LogP contribution in [0.2, 0.25) is 0 Å². The van der Waals surface area contributed by atoms with Gasteiger partial charge in [0, 0.05) is 17.0 Å². The summed E-state index contributed by atoms with van der Waals surface area (Å²) < 4.78 is 30.9. The Labute approximate surface area is 156 Å². The van der Waals surface area contributed by atoms with Crippen molar-refractivity contribution in [2.24, 2.45) is 0 Å². The molecule has 0 saturated carbocycles. The number of anilines is 2. The molecule has 1 N–H and O–H groups in total. The molecule has 0 bridgehead atoms. The van der Waals surface area contributed by atoms with Crippen LogP contribution in [0.3, 0.4) is 0 Å². The number of rotatable bonds is 5. The fraction of sp³-hybridized carbons (Fsp3) is 0.278. The molecule has 3 heterocycles. The number of hydrogen-bond acceptors (Lipinski definition) is 6. The zero-order valence-corrected chi connectivity index (χ0v) is 16.1. The van der Waals surface area contributed by atoms with Gasteiger partial charge in [0.05, 0.1) is 30.4 Å². The summed E-state index contributed by atoms with van der Waals surface area (Å²) in [4.78, 5) is 4.63. The van der Waals surface area contributed by atoms with E-state index in [0.29, 0.717) is 13.0 Å². The Bertz CT molecular complexity index is 1030. The van der Waals surface area contributed by atoms with Gasteiger partial charge in [-0.3, -0.25) is 4.31 Å². The van der Waals surface area contributed by atoms with Crippen molar-refractivity contribution in [3.63, 3.8) is 0 Å². The lowest BCUT2D eigenvalue weighted by atomic mass is 10.1. The first-order chi connectivity index (χ1) is 12.4. The van der Waals surface area contributed by atoms with Gasteiger partial charge in [-0.05, 0) is 43.2 Å². The molecule has 1 aliphatic rings. The third-order valence-corrected chi connectivity index (χ3v) is 6.45. The highest BCUT2D eigenvalue weighted by molar-refractivity contribution is 7.92. The molecule has 0 radical (unpaired) electrons. The third-order valence-electron chi connectivity index (χ3n) is 4.38. The van der Waals surface area contributed by atoms with Crippen LogP contribution in [0.5, 0.6) is 0 Å². The monoisotopic (exact) mass is 389 g/mol. The highest BCUT2D eigenvalue weighted by atomic mass is 32.2. The molecule has 3 aromatic rings. The fourth-order valence-corrected chi connectivity index (χ4v) is 5.31. The first kappa shape index (κ1) is 17.1. The Kier molecular flexibility index (Phi) is 4.24. The standard InChI is InChI=1S/C18H19N3O3S2/c1-12-8-14-9-13(5-6-17(14)21(12)26(2,22)23)16-11-25-18(20-16)19-10-15-4-3-7-24-15/h3-7,9,11-12H,8,10H2,1-2H3,(H,19,20). The van der Waals surface area contributed by atoms with E-state index in [2.05, 4.69) is 10.3 Å². The van der Waals surface area contributed by atoms with Crippen LogP contribution in [0, 0.1) is 0 Å². The number of nitrogens with zero attached hydrogens (tertiary/aromatic N) is 2. The van der Waals surface area contributed by atoms with E-state index >= 15 is 0 Å². The molecule has 2 aromatic heterocycles. The predicted molar refractivity (Wildman–Crippen MR) is 104 cm³/mol. The topological polar surface area (TPSA) is 75.4 Å². The largest absolute Gasteiger partial charge is 0.467 e. The summed E-state index contributed by atoms with van der Waals surface area (Å²) >= 11 is 1.53. The first-order valence-electron chi connectivity index (χ1n) is 8.26. The molecule has 4 rings (SSSR count). The van der Waals surface area contributed by atoms with E-state index in [1.165, 1.54) is 21.9 Å². The average Bonchev–Trinajstić information content (AvgIpc) is 3.30. The van der Waals surface area contributed by atoms with Crippen LogP contribution in [-0.4, -0.2) is 25.7 Å². The molecule has 6 nitrogen and oxygen atoms in total.